The highest BCUT2D eigenvalue weighted by Gasteiger charge is 2.47. The van der Waals surface area contributed by atoms with Crippen LogP contribution in [0.2, 0.25) is 0 Å². The van der Waals surface area contributed by atoms with Crippen LogP contribution in [0.1, 0.15) is 25.8 Å². The van der Waals surface area contributed by atoms with Gasteiger partial charge in [-0.05, 0) is 6.42 Å². The Bertz CT molecular complexity index is 1680. The minimum atomic E-state index is -5.19. The second-order valence-electron chi connectivity index (χ2n) is 10.6. The summed E-state index contributed by atoms with van der Waals surface area (Å²) in [6.07, 6.45) is -4.30. The molecular weight excluding hydrogens is 642 g/mol. The fourth-order valence-corrected chi connectivity index (χ4v) is 8.06. The molecule has 0 spiro atoms. The fourth-order valence-electron chi connectivity index (χ4n) is 5.34. The van der Waals surface area contributed by atoms with Gasteiger partial charge in [-0.25, -0.2) is 38.8 Å². The third-order valence-electron chi connectivity index (χ3n) is 7.67. The summed E-state index contributed by atoms with van der Waals surface area (Å²) < 4.78 is 49.2. The normalized spacial score (nSPS) is 31.4. The van der Waals surface area contributed by atoms with Crippen LogP contribution in [0.25, 0.3) is 22.3 Å². The molecule has 0 amide bonds. The molecule has 23 heteroatoms. The summed E-state index contributed by atoms with van der Waals surface area (Å²) in [6.45, 7) is 0.902. The van der Waals surface area contributed by atoms with E-state index in [1.165, 1.54) is 29.9 Å². The molecule has 10 atom stereocenters. The largest absolute Gasteiger partial charge is 0.479 e. The van der Waals surface area contributed by atoms with Gasteiger partial charge >= 0.3 is 15.4 Å². The number of nitrogen functional groups attached to an aromatic ring is 2. The minimum Gasteiger partial charge on any atom is -0.390 e. The van der Waals surface area contributed by atoms with E-state index in [4.69, 9.17) is 25.5 Å². The van der Waals surface area contributed by atoms with Gasteiger partial charge in [0.1, 0.15) is 48.2 Å². The fraction of sp³-hybridized carbons (Fsp3) is 0.545. The number of rotatable bonds is 10. The van der Waals surface area contributed by atoms with E-state index in [0.717, 1.165) is 0 Å². The zero-order valence-electron chi connectivity index (χ0n) is 23.4. The maximum atomic E-state index is 12.8. The number of phosphoric ester groups is 1. The van der Waals surface area contributed by atoms with E-state index < -0.39 is 77.1 Å². The lowest BCUT2D eigenvalue weighted by atomic mass is 10.0. The molecule has 2 fully saturated rings. The van der Waals surface area contributed by atoms with E-state index >= 15 is 0 Å². The van der Waals surface area contributed by atoms with Crippen molar-refractivity contribution in [1.82, 2.24) is 39.0 Å². The van der Waals surface area contributed by atoms with Crippen molar-refractivity contribution in [1.29, 1.82) is 0 Å². The molecule has 4 aromatic heterocycles. The summed E-state index contributed by atoms with van der Waals surface area (Å²) in [5, 5.41) is 31.8. The first-order chi connectivity index (χ1) is 21.3. The van der Waals surface area contributed by atoms with Crippen LogP contribution >= 0.6 is 15.4 Å². The lowest BCUT2D eigenvalue weighted by Crippen LogP contribution is -2.33. The number of imidazole rings is 2. The molecule has 2 aliphatic heterocycles. The topological polar surface area (TPSA) is 311 Å². The van der Waals surface area contributed by atoms with Gasteiger partial charge in [0.05, 0.1) is 37.6 Å². The first-order valence-electron chi connectivity index (χ1n) is 13.5. The average molecular weight is 672 g/mol. The number of ether oxygens (including phenoxy) is 2. The van der Waals surface area contributed by atoms with Gasteiger partial charge in [0.15, 0.2) is 29.2 Å². The van der Waals surface area contributed by atoms with Crippen LogP contribution in [0.5, 0.6) is 0 Å². The van der Waals surface area contributed by atoms with Gasteiger partial charge in [-0.2, -0.15) is 0 Å². The SMILES string of the molecule is C[C@H]1C(n2cnc3c(N)ncnc32)O[C@H](CCP(=O)(O)OP(=O)(O)OC[C@H]2O[C@@H](n3cnc4c(N)ncnc43)[C@H](O)[C@@H]2O)[C@H]1O. The molecule has 244 valence electrons. The van der Waals surface area contributed by atoms with Crippen molar-refractivity contribution in [2.24, 2.45) is 5.92 Å². The molecule has 21 nitrogen and oxygen atoms in total. The summed E-state index contributed by atoms with van der Waals surface area (Å²) in [7, 11) is -9.98. The van der Waals surface area contributed by atoms with E-state index in [1.807, 2.05) is 0 Å². The number of hydrogen-bond donors (Lipinski definition) is 7. The highest BCUT2D eigenvalue weighted by molar-refractivity contribution is 7.64. The van der Waals surface area contributed by atoms with Crippen LogP contribution in [-0.4, -0.2) is 107 Å². The highest BCUT2D eigenvalue weighted by Crippen LogP contribution is 2.60. The van der Waals surface area contributed by atoms with Crippen molar-refractivity contribution in [3.8, 4) is 0 Å². The van der Waals surface area contributed by atoms with E-state index in [2.05, 4.69) is 34.2 Å². The molecule has 2 aliphatic rings. The van der Waals surface area contributed by atoms with E-state index in [9.17, 15) is 34.2 Å². The van der Waals surface area contributed by atoms with Gasteiger partial charge in [0.2, 0.25) is 0 Å². The van der Waals surface area contributed by atoms with Crippen molar-refractivity contribution in [2.75, 3.05) is 24.2 Å². The van der Waals surface area contributed by atoms with Gasteiger partial charge in [-0.1, -0.05) is 6.92 Å². The van der Waals surface area contributed by atoms with E-state index in [1.54, 1.807) is 11.5 Å². The van der Waals surface area contributed by atoms with Crippen LogP contribution in [0.15, 0.2) is 25.3 Å². The Kier molecular flexibility index (Phi) is 8.38. The van der Waals surface area contributed by atoms with Gasteiger partial charge < -0.3 is 46.0 Å². The number of nitrogens with zero attached hydrogens (tertiary/aromatic N) is 8. The molecule has 9 N–H and O–H groups in total. The number of aromatic nitrogens is 8. The molecule has 0 saturated carbocycles. The van der Waals surface area contributed by atoms with Gasteiger partial charge in [0, 0.05) is 5.92 Å². The maximum Gasteiger partial charge on any atom is 0.479 e. The number of hydrogen-bond acceptors (Lipinski definition) is 17. The predicted molar refractivity (Wildman–Crippen MR) is 151 cm³/mol. The quantitative estimate of drug-likeness (QED) is 0.0999. The van der Waals surface area contributed by atoms with Crippen molar-refractivity contribution in [3.63, 3.8) is 0 Å². The van der Waals surface area contributed by atoms with Crippen LogP contribution in [0.3, 0.4) is 0 Å². The van der Waals surface area contributed by atoms with Crippen molar-refractivity contribution >= 4 is 49.4 Å². The highest BCUT2D eigenvalue weighted by atomic mass is 31.3. The zero-order chi connectivity index (χ0) is 32.3. The molecule has 0 bridgehead atoms. The van der Waals surface area contributed by atoms with Crippen molar-refractivity contribution in [3.05, 3.63) is 25.3 Å². The number of aliphatic hydroxyl groups is 3. The van der Waals surface area contributed by atoms with Crippen LogP contribution in [0.4, 0.5) is 11.6 Å². The van der Waals surface area contributed by atoms with Crippen molar-refractivity contribution in [2.45, 2.75) is 56.3 Å². The van der Waals surface area contributed by atoms with Gasteiger partial charge in [-0.3, -0.25) is 18.2 Å². The summed E-state index contributed by atoms with van der Waals surface area (Å²) in [4.78, 5) is 44.7. The van der Waals surface area contributed by atoms with Crippen molar-refractivity contribution < 1.29 is 52.5 Å². The number of anilines is 2. The molecule has 0 aromatic carbocycles. The third-order valence-corrected chi connectivity index (χ3v) is 10.8. The lowest BCUT2D eigenvalue weighted by molar-refractivity contribution is -0.0502. The number of phosphoric acid groups is 1. The van der Waals surface area contributed by atoms with Crippen LogP contribution in [-0.2, 0) is 27.4 Å². The monoisotopic (exact) mass is 672 g/mol. The molecule has 6 rings (SSSR count). The Morgan fingerprint density at radius 3 is 1.98 bits per heavy atom. The standard InChI is InChI=1S/C22H30N10O11P2/c1-9-14(33)10(41-21(9)31-7-29-12-17(23)25-5-27-19(12)31)2-3-44(36,37)43-45(38,39)40-4-11-15(34)16(35)22(42-11)32-8-30-13-18(24)26-6-28-20(13)32/h5-11,14-16,21-22,33-35H,2-4H2,1H3,(H,36,37)(H,38,39)(H2,23,25,27)(H2,24,26,28)/t9-,10-,11-,14+,15-,16-,21?,22-/m1/s1. The molecule has 2 saturated heterocycles. The Balaban J connectivity index is 1.04. The smallest absolute Gasteiger partial charge is 0.390 e. The Morgan fingerprint density at radius 1 is 0.822 bits per heavy atom. The zero-order valence-corrected chi connectivity index (χ0v) is 25.2. The second kappa shape index (κ2) is 11.9. The first-order valence-corrected chi connectivity index (χ1v) is 16.7. The number of aliphatic hydroxyl groups excluding tert-OH is 3. The molecule has 0 radical (unpaired) electrons. The van der Waals surface area contributed by atoms with Crippen LogP contribution < -0.4 is 11.5 Å². The molecule has 45 heavy (non-hydrogen) atoms. The third kappa shape index (κ3) is 6.05. The van der Waals surface area contributed by atoms with Gasteiger partial charge in [-0.15, -0.1) is 0 Å². The van der Waals surface area contributed by atoms with E-state index in [0.29, 0.717) is 11.2 Å². The Labute approximate surface area is 252 Å². The van der Waals surface area contributed by atoms with E-state index in [-0.39, 0.29) is 29.2 Å². The molecular formula is C22H30N10O11P2. The summed E-state index contributed by atoms with van der Waals surface area (Å²) in [5.74, 6) is -0.265. The predicted octanol–water partition coefficient (Wildman–Crippen LogP) is -0.947. The maximum absolute atomic E-state index is 12.8. The first kappa shape index (κ1) is 31.8. The minimum absolute atomic E-state index is 0.0781. The summed E-state index contributed by atoms with van der Waals surface area (Å²) in [5.41, 5.74) is 12.8. The van der Waals surface area contributed by atoms with Crippen LogP contribution in [0, 0.1) is 5.92 Å². The summed E-state index contributed by atoms with van der Waals surface area (Å²) in [6, 6.07) is 0. The Hall–Kier alpha value is -3.20. The molecule has 0 aliphatic carbocycles. The summed E-state index contributed by atoms with van der Waals surface area (Å²) >= 11 is 0. The number of fused-ring (bicyclic) bond motifs is 2. The second-order valence-corrected chi connectivity index (χ2v) is 14.2. The Morgan fingerprint density at radius 2 is 1.38 bits per heavy atom. The van der Waals surface area contributed by atoms with Gasteiger partial charge in [0.25, 0.3) is 0 Å². The lowest BCUT2D eigenvalue weighted by Gasteiger charge is -2.21. The molecule has 6 heterocycles. The molecule has 3 unspecified atom stereocenters. The average Bonchev–Trinajstić information content (AvgIpc) is 3.73. The number of nitrogens with two attached hydrogens (primary N) is 2. The molecule has 4 aromatic rings.